The maximum atomic E-state index is 12.2. The lowest BCUT2D eigenvalue weighted by Gasteiger charge is -2.19. The molecule has 0 fully saturated rings. The molecule has 0 bridgehead atoms. The SMILES string of the molecule is COC(=O)c1cc(-c2ccc(Cl)cc2)nc(N(C)C)c1C(=O)OC. The molecule has 0 aliphatic heterocycles. The molecule has 0 spiro atoms. The van der Waals surface area contributed by atoms with Gasteiger partial charge >= 0.3 is 11.9 Å². The number of halogens is 1. The van der Waals surface area contributed by atoms with Crippen molar-refractivity contribution in [1.82, 2.24) is 4.98 Å². The summed E-state index contributed by atoms with van der Waals surface area (Å²) in [4.78, 5) is 30.5. The Morgan fingerprint density at radius 1 is 1.04 bits per heavy atom. The van der Waals surface area contributed by atoms with E-state index < -0.39 is 11.9 Å². The Kier molecular flexibility index (Phi) is 5.41. The molecular weight excluding hydrogens is 332 g/mol. The Balaban J connectivity index is 2.76. The number of rotatable bonds is 4. The second-order valence-corrected chi connectivity index (χ2v) is 5.57. The van der Waals surface area contributed by atoms with Gasteiger partial charge in [-0.3, -0.25) is 0 Å². The Labute approximate surface area is 145 Å². The molecule has 1 aromatic carbocycles. The first-order valence-electron chi connectivity index (χ1n) is 7.04. The van der Waals surface area contributed by atoms with Gasteiger partial charge < -0.3 is 14.4 Å². The van der Waals surface area contributed by atoms with Crippen molar-refractivity contribution in [3.05, 3.63) is 46.5 Å². The van der Waals surface area contributed by atoms with E-state index in [0.717, 1.165) is 5.56 Å². The van der Waals surface area contributed by atoms with Crippen molar-refractivity contribution in [2.24, 2.45) is 0 Å². The lowest BCUT2D eigenvalue weighted by atomic mass is 10.0. The van der Waals surface area contributed by atoms with Crippen molar-refractivity contribution in [3.8, 4) is 11.3 Å². The number of carbonyl (C=O) groups excluding carboxylic acids is 2. The average Bonchev–Trinajstić information content (AvgIpc) is 2.59. The zero-order chi connectivity index (χ0) is 17.9. The molecule has 126 valence electrons. The molecule has 0 aliphatic carbocycles. The topological polar surface area (TPSA) is 68.7 Å². The summed E-state index contributed by atoms with van der Waals surface area (Å²) in [5.74, 6) is -0.986. The van der Waals surface area contributed by atoms with Crippen molar-refractivity contribution in [2.75, 3.05) is 33.2 Å². The van der Waals surface area contributed by atoms with Crippen LogP contribution in [0.2, 0.25) is 5.02 Å². The van der Waals surface area contributed by atoms with Crippen LogP contribution >= 0.6 is 11.6 Å². The number of esters is 2. The molecule has 0 radical (unpaired) electrons. The molecule has 0 aliphatic rings. The largest absolute Gasteiger partial charge is 0.465 e. The molecule has 7 heteroatoms. The average molecular weight is 349 g/mol. The van der Waals surface area contributed by atoms with Crippen molar-refractivity contribution in [3.63, 3.8) is 0 Å². The first-order valence-corrected chi connectivity index (χ1v) is 7.41. The molecule has 6 nitrogen and oxygen atoms in total. The zero-order valence-corrected chi connectivity index (χ0v) is 14.5. The fraction of sp³-hybridized carbons (Fsp3) is 0.235. The van der Waals surface area contributed by atoms with E-state index in [4.69, 9.17) is 21.1 Å². The van der Waals surface area contributed by atoms with Crippen molar-refractivity contribution in [2.45, 2.75) is 0 Å². The molecule has 0 amide bonds. The van der Waals surface area contributed by atoms with Crippen molar-refractivity contribution >= 4 is 29.4 Å². The number of hydrogen-bond donors (Lipinski definition) is 0. The van der Waals surface area contributed by atoms with Gasteiger partial charge in [-0.05, 0) is 18.2 Å². The van der Waals surface area contributed by atoms with Crippen LogP contribution in [0.25, 0.3) is 11.3 Å². The van der Waals surface area contributed by atoms with E-state index in [9.17, 15) is 9.59 Å². The first-order chi connectivity index (χ1) is 11.4. The molecule has 0 N–H and O–H groups in total. The standard InChI is InChI=1S/C17H17ClN2O4/c1-20(2)15-14(17(22)24-4)12(16(21)23-3)9-13(19-15)10-5-7-11(18)8-6-10/h5-9H,1-4H3. The van der Waals surface area contributed by atoms with Crippen molar-refractivity contribution < 1.29 is 19.1 Å². The zero-order valence-electron chi connectivity index (χ0n) is 13.8. The Hall–Kier alpha value is -2.60. The highest BCUT2D eigenvalue weighted by atomic mass is 35.5. The fourth-order valence-corrected chi connectivity index (χ4v) is 2.32. The van der Waals surface area contributed by atoms with Crippen LogP contribution in [0.1, 0.15) is 20.7 Å². The summed E-state index contributed by atoms with van der Waals surface area (Å²) < 4.78 is 9.60. The number of ether oxygens (including phenoxy) is 2. The van der Waals surface area contributed by atoms with Gasteiger partial charge in [-0.1, -0.05) is 23.7 Å². The lowest BCUT2D eigenvalue weighted by molar-refractivity contribution is 0.0555. The van der Waals surface area contributed by atoms with E-state index in [1.165, 1.54) is 20.3 Å². The predicted molar refractivity (Wildman–Crippen MR) is 91.7 cm³/mol. The summed E-state index contributed by atoms with van der Waals surface area (Å²) in [6.45, 7) is 0. The molecule has 0 saturated carbocycles. The Morgan fingerprint density at radius 2 is 1.62 bits per heavy atom. The normalized spacial score (nSPS) is 10.2. The smallest absolute Gasteiger partial charge is 0.342 e. The quantitative estimate of drug-likeness (QED) is 0.791. The maximum Gasteiger partial charge on any atom is 0.342 e. The number of carbonyl (C=O) groups is 2. The van der Waals surface area contributed by atoms with E-state index in [1.54, 1.807) is 43.3 Å². The summed E-state index contributed by atoms with van der Waals surface area (Å²) in [6.07, 6.45) is 0. The minimum Gasteiger partial charge on any atom is -0.465 e. The molecule has 2 rings (SSSR count). The lowest BCUT2D eigenvalue weighted by Crippen LogP contribution is -2.21. The number of anilines is 1. The first kappa shape index (κ1) is 17.7. The van der Waals surface area contributed by atoms with Crippen LogP contribution in [0.3, 0.4) is 0 Å². The third-order valence-electron chi connectivity index (χ3n) is 3.36. The Morgan fingerprint density at radius 3 is 2.12 bits per heavy atom. The molecule has 0 saturated heterocycles. The van der Waals surface area contributed by atoms with Crippen molar-refractivity contribution in [1.29, 1.82) is 0 Å². The van der Waals surface area contributed by atoms with Gasteiger partial charge in [-0.15, -0.1) is 0 Å². The minimum absolute atomic E-state index is 0.0621. The second kappa shape index (κ2) is 7.31. The van der Waals surface area contributed by atoms with E-state index in [-0.39, 0.29) is 11.1 Å². The number of nitrogens with zero attached hydrogens (tertiary/aromatic N) is 2. The molecule has 0 unspecified atom stereocenters. The summed E-state index contributed by atoms with van der Waals surface area (Å²) in [6, 6.07) is 8.51. The van der Waals surface area contributed by atoms with Crippen LogP contribution in [-0.2, 0) is 9.47 Å². The predicted octanol–water partition coefficient (Wildman–Crippen LogP) is 3.04. The summed E-state index contributed by atoms with van der Waals surface area (Å²) in [7, 11) is 5.94. The van der Waals surface area contributed by atoms with E-state index in [2.05, 4.69) is 4.98 Å². The van der Waals surface area contributed by atoms with Gasteiger partial charge in [0, 0.05) is 24.7 Å². The number of benzene rings is 1. The molecular formula is C17H17ClN2O4. The monoisotopic (exact) mass is 348 g/mol. The van der Waals surface area contributed by atoms with Crippen LogP contribution in [-0.4, -0.2) is 45.2 Å². The molecule has 1 aromatic heterocycles. The maximum absolute atomic E-state index is 12.2. The number of methoxy groups -OCH3 is 2. The number of hydrogen-bond acceptors (Lipinski definition) is 6. The second-order valence-electron chi connectivity index (χ2n) is 5.14. The van der Waals surface area contributed by atoms with Gasteiger partial charge in [0.2, 0.25) is 0 Å². The van der Waals surface area contributed by atoms with Crippen LogP contribution in [0.4, 0.5) is 5.82 Å². The highest BCUT2D eigenvalue weighted by Gasteiger charge is 2.26. The minimum atomic E-state index is -0.658. The van der Waals surface area contributed by atoms with Gasteiger partial charge in [0.25, 0.3) is 0 Å². The van der Waals surface area contributed by atoms with Gasteiger partial charge in [-0.2, -0.15) is 0 Å². The van der Waals surface area contributed by atoms with E-state index in [0.29, 0.717) is 16.5 Å². The van der Waals surface area contributed by atoms with Crippen LogP contribution < -0.4 is 4.90 Å². The third-order valence-corrected chi connectivity index (χ3v) is 3.61. The number of pyridine rings is 1. The molecule has 2 aromatic rings. The molecule has 0 atom stereocenters. The van der Waals surface area contributed by atoms with Gasteiger partial charge in [-0.25, -0.2) is 14.6 Å². The third kappa shape index (κ3) is 3.49. The fourth-order valence-electron chi connectivity index (χ4n) is 2.20. The van der Waals surface area contributed by atoms with Gasteiger partial charge in [0.05, 0.1) is 25.5 Å². The van der Waals surface area contributed by atoms with Crippen LogP contribution in [0.15, 0.2) is 30.3 Å². The van der Waals surface area contributed by atoms with Gasteiger partial charge in [0.1, 0.15) is 11.4 Å². The van der Waals surface area contributed by atoms with Crippen LogP contribution in [0, 0.1) is 0 Å². The highest BCUT2D eigenvalue weighted by Crippen LogP contribution is 2.29. The highest BCUT2D eigenvalue weighted by molar-refractivity contribution is 6.30. The van der Waals surface area contributed by atoms with Gasteiger partial charge in [0.15, 0.2) is 0 Å². The van der Waals surface area contributed by atoms with Crippen LogP contribution in [0.5, 0.6) is 0 Å². The van der Waals surface area contributed by atoms with E-state index in [1.807, 2.05) is 0 Å². The number of aromatic nitrogens is 1. The summed E-state index contributed by atoms with van der Waals surface area (Å²) >= 11 is 5.91. The summed E-state index contributed by atoms with van der Waals surface area (Å²) in [5, 5.41) is 0.589. The Bertz CT molecular complexity index is 773. The van der Waals surface area contributed by atoms with E-state index >= 15 is 0 Å². The summed E-state index contributed by atoms with van der Waals surface area (Å²) in [5.41, 5.74) is 1.42. The molecule has 1 heterocycles. The molecule has 24 heavy (non-hydrogen) atoms.